The van der Waals surface area contributed by atoms with Crippen LogP contribution in [-0.4, -0.2) is 21.0 Å². The lowest BCUT2D eigenvalue weighted by molar-refractivity contribution is 0.0697. The van der Waals surface area contributed by atoms with E-state index in [0.717, 1.165) is 17.7 Å². The van der Waals surface area contributed by atoms with Gasteiger partial charge in [0.2, 0.25) is 0 Å². The van der Waals surface area contributed by atoms with Gasteiger partial charge in [-0.2, -0.15) is 0 Å². The number of aromatic carboxylic acids is 1. The number of carboxylic acids is 1. The van der Waals surface area contributed by atoms with Crippen molar-refractivity contribution in [1.82, 2.24) is 0 Å². The summed E-state index contributed by atoms with van der Waals surface area (Å²) >= 11 is 0. The van der Waals surface area contributed by atoms with Gasteiger partial charge in [-0.3, -0.25) is 4.21 Å². The van der Waals surface area contributed by atoms with Gasteiger partial charge in [0.1, 0.15) is 0 Å². The van der Waals surface area contributed by atoms with Crippen LogP contribution in [0, 0.1) is 0 Å². The van der Waals surface area contributed by atoms with Crippen LogP contribution in [0.15, 0.2) is 29.2 Å². The van der Waals surface area contributed by atoms with Crippen LogP contribution in [0.4, 0.5) is 0 Å². The molecule has 0 saturated heterocycles. The Kier molecular flexibility index (Phi) is 8.19. The van der Waals surface area contributed by atoms with E-state index in [0.29, 0.717) is 5.75 Å². The molecule has 1 rings (SSSR count). The maximum absolute atomic E-state index is 12.0. The second-order valence-electron chi connectivity index (χ2n) is 5.00. The second-order valence-corrected chi connectivity index (χ2v) is 6.57. The fourth-order valence-electron chi connectivity index (χ4n) is 2.06. The molecular weight excluding hydrogens is 272 g/mol. The van der Waals surface area contributed by atoms with Gasteiger partial charge in [-0.15, -0.1) is 0 Å². The largest absolute Gasteiger partial charge is 0.478 e. The van der Waals surface area contributed by atoms with E-state index in [1.54, 1.807) is 12.1 Å². The zero-order valence-electron chi connectivity index (χ0n) is 12.1. The molecule has 4 heteroatoms. The number of rotatable bonds is 10. The lowest BCUT2D eigenvalue weighted by Gasteiger charge is -2.03. The Labute approximate surface area is 123 Å². The lowest BCUT2D eigenvalue weighted by Crippen LogP contribution is -2.00. The molecule has 1 aromatic carbocycles. The smallest absolute Gasteiger partial charge is 0.335 e. The minimum Gasteiger partial charge on any atom is -0.478 e. The van der Waals surface area contributed by atoms with E-state index < -0.39 is 16.8 Å². The first-order valence-corrected chi connectivity index (χ1v) is 8.68. The number of carbonyl (C=O) groups is 1. The first-order chi connectivity index (χ1) is 9.65. The van der Waals surface area contributed by atoms with Gasteiger partial charge in [-0.05, 0) is 30.7 Å². The Balaban J connectivity index is 2.24. The molecule has 0 spiro atoms. The van der Waals surface area contributed by atoms with Gasteiger partial charge >= 0.3 is 5.97 Å². The van der Waals surface area contributed by atoms with E-state index in [2.05, 4.69) is 6.92 Å². The predicted molar refractivity (Wildman–Crippen MR) is 82.7 cm³/mol. The third kappa shape index (κ3) is 6.33. The molecule has 0 amide bonds. The van der Waals surface area contributed by atoms with Gasteiger partial charge in [-0.1, -0.05) is 45.4 Å². The molecule has 0 bridgehead atoms. The maximum atomic E-state index is 12.0. The minimum absolute atomic E-state index is 0.238. The Bertz CT molecular complexity index is 426. The van der Waals surface area contributed by atoms with Crippen molar-refractivity contribution in [1.29, 1.82) is 0 Å². The molecule has 1 unspecified atom stereocenters. The van der Waals surface area contributed by atoms with Crippen molar-refractivity contribution in [2.75, 3.05) is 5.75 Å². The van der Waals surface area contributed by atoms with Gasteiger partial charge in [0.15, 0.2) is 0 Å². The highest BCUT2D eigenvalue weighted by molar-refractivity contribution is 7.85. The molecule has 3 nitrogen and oxygen atoms in total. The van der Waals surface area contributed by atoms with Crippen molar-refractivity contribution >= 4 is 16.8 Å². The van der Waals surface area contributed by atoms with Crippen LogP contribution >= 0.6 is 0 Å². The molecule has 20 heavy (non-hydrogen) atoms. The summed E-state index contributed by atoms with van der Waals surface area (Å²) in [5.41, 5.74) is 0.238. The monoisotopic (exact) mass is 296 g/mol. The van der Waals surface area contributed by atoms with Gasteiger partial charge in [-0.25, -0.2) is 4.79 Å². The van der Waals surface area contributed by atoms with Crippen LogP contribution < -0.4 is 0 Å². The lowest BCUT2D eigenvalue weighted by atomic mass is 10.1. The Hall–Kier alpha value is -1.16. The van der Waals surface area contributed by atoms with E-state index in [4.69, 9.17) is 5.11 Å². The van der Waals surface area contributed by atoms with E-state index in [-0.39, 0.29) is 5.56 Å². The average molecular weight is 296 g/mol. The molecule has 0 fully saturated rings. The molecule has 112 valence electrons. The maximum Gasteiger partial charge on any atom is 0.335 e. The van der Waals surface area contributed by atoms with Crippen molar-refractivity contribution in [2.45, 2.75) is 56.8 Å². The molecule has 0 heterocycles. The molecular formula is C16H24O3S. The molecule has 0 aromatic heterocycles. The van der Waals surface area contributed by atoms with Crippen LogP contribution in [0.3, 0.4) is 0 Å². The third-order valence-electron chi connectivity index (χ3n) is 3.30. The molecule has 1 aromatic rings. The fraction of sp³-hybridized carbons (Fsp3) is 0.562. The zero-order valence-corrected chi connectivity index (χ0v) is 13.0. The summed E-state index contributed by atoms with van der Waals surface area (Å²) in [6.45, 7) is 2.21. The topological polar surface area (TPSA) is 54.4 Å². The number of hydrogen-bond donors (Lipinski definition) is 1. The molecule has 0 saturated carbocycles. The summed E-state index contributed by atoms with van der Waals surface area (Å²) in [5.74, 6) is -0.283. The highest BCUT2D eigenvalue weighted by Crippen LogP contribution is 2.12. The van der Waals surface area contributed by atoms with E-state index in [1.807, 2.05) is 0 Å². The van der Waals surface area contributed by atoms with E-state index in [1.165, 1.54) is 44.2 Å². The average Bonchev–Trinajstić information content (AvgIpc) is 2.46. The van der Waals surface area contributed by atoms with Gasteiger partial charge < -0.3 is 5.11 Å². The molecule has 1 atom stereocenters. The fourth-order valence-corrected chi connectivity index (χ4v) is 3.20. The van der Waals surface area contributed by atoms with Crippen molar-refractivity contribution in [3.8, 4) is 0 Å². The Morgan fingerprint density at radius 1 is 1.00 bits per heavy atom. The second kappa shape index (κ2) is 9.70. The van der Waals surface area contributed by atoms with E-state index in [9.17, 15) is 9.00 Å². The number of benzene rings is 1. The van der Waals surface area contributed by atoms with Crippen LogP contribution in [0.2, 0.25) is 0 Å². The standard InChI is InChI=1S/C16H24O3S/c1-2-3-4-5-6-7-8-13-20(19)15-11-9-14(10-12-15)16(17)18/h9-12H,2-8,13H2,1H3,(H,17,18). The van der Waals surface area contributed by atoms with Gasteiger partial charge in [0, 0.05) is 10.6 Å². The number of unbranched alkanes of at least 4 members (excludes halogenated alkanes) is 6. The summed E-state index contributed by atoms with van der Waals surface area (Å²) < 4.78 is 12.0. The highest BCUT2D eigenvalue weighted by Gasteiger charge is 2.06. The molecule has 0 radical (unpaired) electrons. The summed E-state index contributed by atoms with van der Waals surface area (Å²) in [4.78, 5) is 11.4. The van der Waals surface area contributed by atoms with E-state index >= 15 is 0 Å². The Morgan fingerprint density at radius 2 is 1.55 bits per heavy atom. The first-order valence-electron chi connectivity index (χ1n) is 7.37. The summed E-state index contributed by atoms with van der Waals surface area (Å²) in [6.07, 6.45) is 8.46. The minimum atomic E-state index is -1.01. The quantitative estimate of drug-likeness (QED) is 0.657. The zero-order chi connectivity index (χ0) is 14.8. The van der Waals surface area contributed by atoms with Crippen LogP contribution in [0.5, 0.6) is 0 Å². The molecule has 0 aliphatic rings. The SMILES string of the molecule is CCCCCCCCCS(=O)c1ccc(C(=O)O)cc1. The highest BCUT2D eigenvalue weighted by atomic mass is 32.2. The van der Waals surface area contributed by atoms with Crippen molar-refractivity contribution in [3.05, 3.63) is 29.8 Å². The Morgan fingerprint density at radius 3 is 2.10 bits per heavy atom. The van der Waals surface area contributed by atoms with Crippen molar-refractivity contribution in [2.24, 2.45) is 0 Å². The number of carboxylic acid groups (broad SMARTS) is 1. The summed E-state index contributed by atoms with van der Waals surface area (Å²) in [5, 5.41) is 8.80. The van der Waals surface area contributed by atoms with Gasteiger partial charge in [0.25, 0.3) is 0 Å². The molecule has 1 N–H and O–H groups in total. The van der Waals surface area contributed by atoms with Crippen LogP contribution in [0.25, 0.3) is 0 Å². The van der Waals surface area contributed by atoms with Crippen molar-refractivity contribution in [3.63, 3.8) is 0 Å². The normalized spacial score (nSPS) is 12.2. The number of hydrogen-bond acceptors (Lipinski definition) is 2. The molecule has 0 aliphatic carbocycles. The third-order valence-corrected chi connectivity index (χ3v) is 4.75. The summed E-state index contributed by atoms with van der Waals surface area (Å²) in [6, 6.07) is 6.34. The van der Waals surface area contributed by atoms with Crippen molar-refractivity contribution < 1.29 is 14.1 Å². The predicted octanol–water partition coefficient (Wildman–Crippen LogP) is 4.24. The molecule has 0 aliphatic heterocycles. The first kappa shape index (κ1) is 16.9. The van der Waals surface area contributed by atoms with Crippen LogP contribution in [0.1, 0.15) is 62.2 Å². The van der Waals surface area contributed by atoms with Crippen LogP contribution in [-0.2, 0) is 10.8 Å². The van der Waals surface area contributed by atoms with Gasteiger partial charge in [0.05, 0.1) is 16.4 Å². The summed E-state index contributed by atoms with van der Waals surface area (Å²) in [7, 11) is -1.01.